The van der Waals surface area contributed by atoms with Crippen LogP contribution in [0.4, 0.5) is 0 Å². The summed E-state index contributed by atoms with van der Waals surface area (Å²) >= 11 is 0. The molecule has 4 nitrogen and oxygen atoms in total. The molecule has 3 aliphatic rings. The van der Waals surface area contributed by atoms with Gasteiger partial charge in [-0.3, -0.25) is 0 Å². The second-order valence-corrected chi connectivity index (χ2v) is 5.24. The lowest BCUT2D eigenvalue weighted by Crippen LogP contribution is -3.15. The summed E-state index contributed by atoms with van der Waals surface area (Å²) in [5.74, 6) is -0.184. The van der Waals surface area contributed by atoms with Crippen LogP contribution in [0.25, 0.3) is 0 Å². The lowest BCUT2D eigenvalue weighted by Gasteiger charge is -2.26. The first-order valence-electron chi connectivity index (χ1n) is 6.59. The molecule has 1 N–H and O–H groups in total. The van der Waals surface area contributed by atoms with E-state index in [0.29, 0.717) is 6.10 Å². The average Bonchev–Trinajstić information content (AvgIpc) is 2.92. The highest BCUT2D eigenvalue weighted by atomic mass is 16.7. The highest BCUT2D eigenvalue weighted by molar-refractivity contribution is 4.83. The number of quaternary nitrogens is 1. The largest absolute Gasteiger partial charge is 0.370 e. The van der Waals surface area contributed by atoms with Crippen LogP contribution in [0.3, 0.4) is 0 Å². The van der Waals surface area contributed by atoms with E-state index in [4.69, 9.17) is 14.2 Å². The first-order chi connectivity index (χ1) is 7.86. The maximum atomic E-state index is 6.13. The van der Waals surface area contributed by atoms with Crippen molar-refractivity contribution in [1.29, 1.82) is 0 Å². The number of nitrogens with one attached hydrogen (secondary N) is 1. The summed E-state index contributed by atoms with van der Waals surface area (Å²) in [6.45, 7) is 5.91. The third-order valence-corrected chi connectivity index (χ3v) is 4.00. The molecule has 3 fully saturated rings. The predicted octanol–water partition coefficient (Wildman–Crippen LogP) is -0.413. The molecule has 0 aromatic heterocycles. The summed E-state index contributed by atoms with van der Waals surface area (Å²) in [6.07, 6.45) is 5.03. The van der Waals surface area contributed by atoms with Crippen molar-refractivity contribution in [2.24, 2.45) is 0 Å². The fourth-order valence-electron chi connectivity index (χ4n) is 3.08. The third-order valence-electron chi connectivity index (χ3n) is 4.00. The summed E-state index contributed by atoms with van der Waals surface area (Å²) in [5.41, 5.74) is 0. The normalized spacial score (nSPS) is 34.9. The van der Waals surface area contributed by atoms with E-state index in [2.05, 4.69) is 0 Å². The van der Waals surface area contributed by atoms with Gasteiger partial charge in [0.05, 0.1) is 19.8 Å². The van der Waals surface area contributed by atoms with Crippen molar-refractivity contribution in [2.75, 3.05) is 39.5 Å². The molecule has 92 valence electrons. The van der Waals surface area contributed by atoms with Crippen LogP contribution in [0.1, 0.15) is 25.7 Å². The van der Waals surface area contributed by atoms with Gasteiger partial charge in [0.1, 0.15) is 25.7 Å². The minimum Gasteiger partial charge on any atom is -0.370 e. The number of hydrogen-bond donors (Lipinski definition) is 1. The number of ether oxygens (including phenoxy) is 3. The van der Waals surface area contributed by atoms with E-state index in [9.17, 15) is 0 Å². The Morgan fingerprint density at radius 1 is 1.12 bits per heavy atom. The van der Waals surface area contributed by atoms with Crippen LogP contribution in [0.15, 0.2) is 0 Å². The first kappa shape index (κ1) is 11.0. The molecule has 2 aliphatic heterocycles. The Balaban J connectivity index is 1.49. The Morgan fingerprint density at radius 3 is 2.62 bits per heavy atom. The number of rotatable bonds is 2. The van der Waals surface area contributed by atoms with E-state index >= 15 is 0 Å². The molecule has 2 heterocycles. The second-order valence-electron chi connectivity index (χ2n) is 5.24. The Kier molecular flexibility index (Phi) is 3.16. The molecule has 0 unspecified atom stereocenters. The molecular formula is C12H22NO3+. The standard InChI is InChI=1S/C12H21NO3/c1-2-4-12(3-1)15-10-11(16-12)9-13-5-7-14-8-6-13/h11H,1-10H2/p+1/t11-/m1/s1. The van der Waals surface area contributed by atoms with Crippen molar-refractivity contribution in [1.82, 2.24) is 0 Å². The van der Waals surface area contributed by atoms with E-state index in [1.807, 2.05) is 0 Å². The van der Waals surface area contributed by atoms with Crippen molar-refractivity contribution in [3.8, 4) is 0 Å². The van der Waals surface area contributed by atoms with E-state index in [1.54, 1.807) is 4.90 Å². The zero-order chi connectivity index (χ0) is 10.8. The Morgan fingerprint density at radius 2 is 1.88 bits per heavy atom. The van der Waals surface area contributed by atoms with Crippen LogP contribution in [0, 0.1) is 0 Å². The molecule has 0 bridgehead atoms. The topological polar surface area (TPSA) is 32.1 Å². The van der Waals surface area contributed by atoms with Crippen LogP contribution in [0.5, 0.6) is 0 Å². The molecule has 1 atom stereocenters. The molecule has 1 saturated carbocycles. The molecule has 16 heavy (non-hydrogen) atoms. The molecular weight excluding hydrogens is 206 g/mol. The summed E-state index contributed by atoms with van der Waals surface area (Å²) in [4.78, 5) is 1.61. The Hall–Kier alpha value is -0.160. The molecule has 4 heteroatoms. The van der Waals surface area contributed by atoms with Crippen LogP contribution < -0.4 is 4.90 Å². The minimum absolute atomic E-state index is 0.184. The van der Waals surface area contributed by atoms with Gasteiger partial charge in [0.25, 0.3) is 0 Å². The van der Waals surface area contributed by atoms with E-state index in [1.165, 1.54) is 12.8 Å². The highest BCUT2D eigenvalue weighted by Gasteiger charge is 2.44. The van der Waals surface area contributed by atoms with Gasteiger partial charge in [-0.25, -0.2) is 0 Å². The molecule has 0 aromatic carbocycles. The molecule has 1 spiro atoms. The monoisotopic (exact) mass is 228 g/mol. The summed E-state index contributed by atoms with van der Waals surface area (Å²) in [7, 11) is 0. The van der Waals surface area contributed by atoms with E-state index in [0.717, 1.165) is 52.3 Å². The zero-order valence-corrected chi connectivity index (χ0v) is 9.87. The highest BCUT2D eigenvalue weighted by Crippen LogP contribution is 2.38. The van der Waals surface area contributed by atoms with E-state index in [-0.39, 0.29) is 5.79 Å². The van der Waals surface area contributed by atoms with Crippen LogP contribution in [0.2, 0.25) is 0 Å². The van der Waals surface area contributed by atoms with Crippen molar-refractivity contribution in [2.45, 2.75) is 37.6 Å². The van der Waals surface area contributed by atoms with Crippen molar-refractivity contribution in [3.63, 3.8) is 0 Å². The van der Waals surface area contributed by atoms with Crippen LogP contribution in [-0.4, -0.2) is 51.3 Å². The minimum atomic E-state index is -0.184. The molecule has 0 radical (unpaired) electrons. The number of morpholine rings is 1. The van der Waals surface area contributed by atoms with Gasteiger partial charge >= 0.3 is 0 Å². The van der Waals surface area contributed by atoms with Gasteiger partial charge in [-0.1, -0.05) is 0 Å². The summed E-state index contributed by atoms with van der Waals surface area (Å²) in [5, 5.41) is 0. The van der Waals surface area contributed by atoms with Gasteiger partial charge in [-0.15, -0.1) is 0 Å². The maximum Gasteiger partial charge on any atom is 0.169 e. The molecule has 2 saturated heterocycles. The number of hydrogen-bond acceptors (Lipinski definition) is 3. The fourth-order valence-corrected chi connectivity index (χ4v) is 3.08. The zero-order valence-electron chi connectivity index (χ0n) is 9.87. The van der Waals surface area contributed by atoms with Gasteiger partial charge < -0.3 is 19.1 Å². The maximum absolute atomic E-state index is 6.13. The van der Waals surface area contributed by atoms with Crippen LogP contribution in [-0.2, 0) is 14.2 Å². The van der Waals surface area contributed by atoms with Crippen molar-refractivity contribution >= 4 is 0 Å². The molecule has 0 aromatic rings. The first-order valence-corrected chi connectivity index (χ1v) is 6.59. The molecule has 1 aliphatic carbocycles. The van der Waals surface area contributed by atoms with Gasteiger partial charge in [0, 0.05) is 12.8 Å². The van der Waals surface area contributed by atoms with Crippen LogP contribution >= 0.6 is 0 Å². The molecule has 3 rings (SSSR count). The fraction of sp³-hybridized carbons (Fsp3) is 1.00. The summed E-state index contributed by atoms with van der Waals surface area (Å²) in [6, 6.07) is 0. The van der Waals surface area contributed by atoms with Crippen molar-refractivity contribution < 1.29 is 19.1 Å². The SMILES string of the molecule is C1CCC2(C1)OC[C@@H](C[NH+]1CCOCC1)O2. The van der Waals surface area contributed by atoms with E-state index < -0.39 is 0 Å². The van der Waals surface area contributed by atoms with Gasteiger partial charge in [0.2, 0.25) is 0 Å². The lowest BCUT2D eigenvalue weighted by atomic mass is 10.2. The quantitative estimate of drug-likeness (QED) is 0.697. The lowest BCUT2D eigenvalue weighted by molar-refractivity contribution is -0.910. The van der Waals surface area contributed by atoms with Gasteiger partial charge in [-0.05, 0) is 12.8 Å². The average molecular weight is 228 g/mol. The summed E-state index contributed by atoms with van der Waals surface area (Å²) < 4.78 is 17.4. The third kappa shape index (κ3) is 2.25. The smallest absolute Gasteiger partial charge is 0.169 e. The Bertz CT molecular complexity index is 234. The van der Waals surface area contributed by atoms with Crippen molar-refractivity contribution in [3.05, 3.63) is 0 Å². The van der Waals surface area contributed by atoms with Gasteiger partial charge in [0.15, 0.2) is 5.79 Å². The van der Waals surface area contributed by atoms with Gasteiger partial charge in [-0.2, -0.15) is 0 Å². The second kappa shape index (κ2) is 4.61. The molecule has 0 amide bonds. The Labute approximate surface area is 96.8 Å². The predicted molar refractivity (Wildman–Crippen MR) is 58.4 cm³/mol.